The Morgan fingerprint density at radius 2 is 2.14 bits per heavy atom. The summed E-state index contributed by atoms with van der Waals surface area (Å²) in [6.07, 6.45) is 0. The first kappa shape index (κ1) is 15.0. The van der Waals surface area contributed by atoms with Gasteiger partial charge in [-0.3, -0.25) is 10.1 Å². The van der Waals surface area contributed by atoms with Crippen LogP contribution in [0.5, 0.6) is 0 Å². The molecule has 1 aromatic carbocycles. The number of nitro groups is 1. The molecular weight excluding hydrogens is 292 g/mol. The van der Waals surface area contributed by atoms with Crippen molar-refractivity contribution in [2.45, 2.75) is 13.0 Å². The number of carboxylic acid groups (broad SMARTS) is 1. The first-order valence-electron chi connectivity index (χ1n) is 6.19. The van der Waals surface area contributed by atoms with Crippen molar-refractivity contribution in [2.24, 2.45) is 0 Å². The van der Waals surface area contributed by atoms with Crippen LogP contribution in [0.2, 0.25) is 0 Å². The zero-order chi connectivity index (χ0) is 15.6. The fourth-order valence-electron chi connectivity index (χ4n) is 2.02. The molecule has 6 nitrogen and oxygen atoms in total. The number of thiophene rings is 1. The summed E-state index contributed by atoms with van der Waals surface area (Å²) < 4.78 is 0. The predicted octanol–water partition coefficient (Wildman–Crippen LogP) is 3.55. The quantitative estimate of drug-likeness (QED) is 0.674. The minimum absolute atomic E-state index is 0.0492. The molecule has 0 saturated heterocycles. The highest BCUT2D eigenvalue weighted by molar-refractivity contribution is 7.10. The largest absolute Gasteiger partial charge is 0.477 e. The van der Waals surface area contributed by atoms with Gasteiger partial charge in [-0.2, -0.15) is 0 Å². The summed E-state index contributed by atoms with van der Waals surface area (Å²) in [5, 5.41) is 22.0. The van der Waals surface area contributed by atoms with Gasteiger partial charge in [0, 0.05) is 23.7 Å². The summed E-state index contributed by atoms with van der Waals surface area (Å²) in [4.78, 5) is 24.4. The molecule has 0 aliphatic rings. The minimum Gasteiger partial charge on any atom is -0.477 e. The molecule has 0 aliphatic heterocycles. The summed E-state index contributed by atoms with van der Waals surface area (Å²) >= 11 is 1.61. The number of benzene rings is 1. The number of carbonyl (C=O) groups is 1. The van der Waals surface area contributed by atoms with Crippen molar-refractivity contribution in [3.8, 4) is 0 Å². The van der Waals surface area contributed by atoms with Crippen molar-refractivity contribution in [1.29, 1.82) is 0 Å². The Labute approximate surface area is 125 Å². The fourth-order valence-corrected chi connectivity index (χ4v) is 2.84. The van der Waals surface area contributed by atoms with Gasteiger partial charge >= 0.3 is 5.97 Å². The van der Waals surface area contributed by atoms with Crippen LogP contribution in [0.1, 0.15) is 28.2 Å². The molecule has 1 atom stereocenters. The van der Waals surface area contributed by atoms with Crippen LogP contribution in [-0.2, 0) is 0 Å². The lowest BCUT2D eigenvalue weighted by Crippen LogP contribution is -2.21. The topological polar surface area (TPSA) is 83.7 Å². The third-order valence-corrected chi connectivity index (χ3v) is 4.39. The summed E-state index contributed by atoms with van der Waals surface area (Å²) in [5.74, 6) is -1.30. The highest BCUT2D eigenvalue weighted by Gasteiger charge is 2.22. The van der Waals surface area contributed by atoms with Gasteiger partial charge in [0.1, 0.15) is 5.56 Å². The molecule has 2 aromatic rings. The molecule has 0 fully saturated rings. The second kappa shape index (κ2) is 5.92. The van der Waals surface area contributed by atoms with Gasteiger partial charge in [0.2, 0.25) is 0 Å². The molecule has 2 rings (SSSR count). The zero-order valence-electron chi connectivity index (χ0n) is 11.5. The Morgan fingerprint density at radius 3 is 2.67 bits per heavy atom. The van der Waals surface area contributed by atoms with Crippen LogP contribution in [0.4, 0.5) is 11.4 Å². The molecule has 0 radical (unpaired) electrons. The number of carboxylic acids is 1. The van der Waals surface area contributed by atoms with Gasteiger partial charge in [0.15, 0.2) is 0 Å². The van der Waals surface area contributed by atoms with E-state index >= 15 is 0 Å². The van der Waals surface area contributed by atoms with Gasteiger partial charge in [0.05, 0.1) is 11.0 Å². The van der Waals surface area contributed by atoms with E-state index in [9.17, 15) is 14.9 Å². The number of aromatic carboxylic acids is 1. The normalized spacial score (nSPS) is 11.9. The zero-order valence-corrected chi connectivity index (χ0v) is 12.3. The first-order valence-corrected chi connectivity index (χ1v) is 7.07. The number of hydrogen-bond acceptors (Lipinski definition) is 5. The molecule has 0 amide bonds. The number of hydrogen-bond donors (Lipinski definition) is 1. The summed E-state index contributed by atoms with van der Waals surface area (Å²) in [6, 6.07) is 8.13. The fraction of sp³-hybridized carbons (Fsp3) is 0.214. The second-order valence-corrected chi connectivity index (χ2v) is 5.55. The molecule has 0 aliphatic carbocycles. The molecule has 0 bridgehead atoms. The molecule has 1 heterocycles. The number of rotatable bonds is 5. The molecule has 0 spiro atoms. The van der Waals surface area contributed by atoms with E-state index in [1.165, 1.54) is 12.1 Å². The summed E-state index contributed by atoms with van der Waals surface area (Å²) in [6.45, 7) is 1.99. The average molecular weight is 306 g/mol. The van der Waals surface area contributed by atoms with Crippen molar-refractivity contribution in [1.82, 2.24) is 0 Å². The lowest BCUT2D eigenvalue weighted by atomic mass is 10.1. The third-order valence-electron chi connectivity index (χ3n) is 3.35. The maximum Gasteiger partial charge on any atom is 0.342 e. The van der Waals surface area contributed by atoms with Crippen LogP contribution >= 0.6 is 11.3 Å². The highest BCUT2D eigenvalue weighted by Crippen LogP contribution is 2.31. The molecular formula is C14H14N2O4S. The Balaban J connectivity index is 2.38. The Bertz CT molecular complexity index is 670. The molecule has 7 heteroatoms. The number of nitro benzene ring substituents is 1. The van der Waals surface area contributed by atoms with Crippen LogP contribution in [-0.4, -0.2) is 23.0 Å². The molecule has 110 valence electrons. The van der Waals surface area contributed by atoms with E-state index in [0.29, 0.717) is 5.69 Å². The van der Waals surface area contributed by atoms with Gasteiger partial charge < -0.3 is 10.0 Å². The Hall–Kier alpha value is -2.41. The minimum atomic E-state index is -1.30. The number of nitrogens with zero attached hydrogens (tertiary/aromatic N) is 2. The van der Waals surface area contributed by atoms with Crippen LogP contribution in [0.15, 0.2) is 35.7 Å². The Morgan fingerprint density at radius 1 is 1.43 bits per heavy atom. The Kier molecular flexibility index (Phi) is 4.23. The third kappa shape index (κ3) is 3.03. The lowest BCUT2D eigenvalue weighted by molar-refractivity contribution is -0.385. The molecule has 1 aromatic heterocycles. The van der Waals surface area contributed by atoms with Crippen LogP contribution in [0, 0.1) is 10.1 Å². The van der Waals surface area contributed by atoms with Gasteiger partial charge in [-0.25, -0.2) is 4.79 Å². The van der Waals surface area contributed by atoms with E-state index in [2.05, 4.69) is 0 Å². The molecule has 21 heavy (non-hydrogen) atoms. The van der Waals surface area contributed by atoms with Crippen molar-refractivity contribution < 1.29 is 14.8 Å². The van der Waals surface area contributed by atoms with E-state index < -0.39 is 16.6 Å². The van der Waals surface area contributed by atoms with Crippen LogP contribution in [0.3, 0.4) is 0 Å². The van der Waals surface area contributed by atoms with Gasteiger partial charge in [-0.15, -0.1) is 11.3 Å². The van der Waals surface area contributed by atoms with E-state index in [1.54, 1.807) is 17.4 Å². The highest BCUT2D eigenvalue weighted by atomic mass is 32.1. The number of anilines is 1. The molecule has 1 N–H and O–H groups in total. The molecule has 1 unspecified atom stereocenters. The smallest absolute Gasteiger partial charge is 0.342 e. The van der Waals surface area contributed by atoms with Crippen molar-refractivity contribution in [2.75, 3.05) is 11.9 Å². The van der Waals surface area contributed by atoms with Gasteiger partial charge in [-0.1, -0.05) is 6.07 Å². The van der Waals surface area contributed by atoms with Crippen LogP contribution < -0.4 is 4.90 Å². The monoisotopic (exact) mass is 306 g/mol. The lowest BCUT2D eigenvalue weighted by Gasteiger charge is -2.26. The van der Waals surface area contributed by atoms with E-state index in [4.69, 9.17) is 5.11 Å². The molecule has 0 saturated carbocycles. The maximum atomic E-state index is 11.2. The van der Waals surface area contributed by atoms with Crippen molar-refractivity contribution in [3.05, 3.63) is 56.3 Å². The summed E-state index contributed by atoms with van der Waals surface area (Å²) in [5.41, 5.74) is -0.0787. The van der Waals surface area contributed by atoms with Gasteiger partial charge in [0.25, 0.3) is 5.69 Å². The van der Waals surface area contributed by atoms with E-state index in [0.717, 1.165) is 4.88 Å². The maximum absolute atomic E-state index is 11.2. The average Bonchev–Trinajstić information content (AvgIpc) is 2.99. The first-order chi connectivity index (χ1) is 9.91. The van der Waals surface area contributed by atoms with Crippen molar-refractivity contribution >= 4 is 28.7 Å². The SMILES string of the molecule is CC(c1cccs1)N(C)c1ccc([N+](=O)[O-])c(C(=O)O)c1. The van der Waals surface area contributed by atoms with Crippen molar-refractivity contribution in [3.63, 3.8) is 0 Å². The van der Waals surface area contributed by atoms with E-state index in [-0.39, 0.29) is 11.6 Å². The van der Waals surface area contributed by atoms with Gasteiger partial charge in [-0.05, 0) is 30.5 Å². The standard InChI is InChI=1S/C14H14N2O4S/c1-9(13-4-3-7-21-13)15(2)10-5-6-12(16(19)20)11(8-10)14(17)18/h3-9H,1-2H3,(H,17,18). The summed E-state index contributed by atoms with van der Waals surface area (Å²) in [7, 11) is 1.83. The second-order valence-electron chi connectivity index (χ2n) is 4.57. The predicted molar refractivity (Wildman–Crippen MR) is 81.2 cm³/mol. The van der Waals surface area contributed by atoms with E-state index in [1.807, 2.05) is 36.4 Å². The van der Waals surface area contributed by atoms with Crippen LogP contribution in [0.25, 0.3) is 0 Å².